The Hall–Kier alpha value is -1.13. The van der Waals surface area contributed by atoms with Gasteiger partial charge in [-0.25, -0.2) is 0 Å². The van der Waals surface area contributed by atoms with Crippen LogP contribution in [0.5, 0.6) is 0 Å². The number of nitroso groups, excluding NO2 is 1. The van der Waals surface area contributed by atoms with Crippen molar-refractivity contribution < 1.29 is 9.90 Å². The molecule has 0 bridgehead atoms. The van der Waals surface area contributed by atoms with E-state index >= 15 is 0 Å². The summed E-state index contributed by atoms with van der Waals surface area (Å²) in [5.41, 5.74) is -0.714. The first-order chi connectivity index (χ1) is 5.14. The van der Waals surface area contributed by atoms with E-state index < -0.39 is 11.4 Å². The van der Waals surface area contributed by atoms with Crippen molar-refractivity contribution in [2.24, 2.45) is 10.7 Å². The van der Waals surface area contributed by atoms with Gasteiger partial charge in [-0.1, -0.05) is 6.92 Å². The van der Waals surface area contributed by atoms with Crippen LogP contribution in [-0.2, 0) is 4.79 Å². The van der Waals surface area contributed by atoms with Gasteiger partial charge in [0, 0.05) is 0 Å². The third-order valence-corrected chi connectivity index (χ3v) is 2.22. The fraction of sp³-hybridized carbons (Fsp3) is 0.833. The van der Waals surface area contributed by atoms with Crippen LogP contribution in [0.3, 0.4) is 0 Å². The van der Waals surface area contributed by atoms with Gasteiger partial charge >= 0.3 is 5.97 Å². The zero-order valence-corrected chi connectivity index (χ0v) is 6.28. The molecule has 1 rings (SSSR count). The largest absolute Gasteiger partial charge is 0.481 e. The lowest BCUT2D eigenvalue weighted by molar-refractivity contribution is -0.161. The second kappa shape index (κ2) is 2.48. The van der Waals surface area contributed by atoms with Crippen LogP contribution in [0.15, 0.2) is 5.29 Å². The van der Waals surface area contributed by atoms with Crippen molar-refractivity contribution in [3.05, 3.63) is 4.91 Å². The van der Waals surface area contributed by atoms with Crippen molar-refractivity contribution in [1.82, 2.24) is 5.01 Å². The highest BCUT2D eigenvalue weighted by Gasteiger charge is 2.48. The van der Waals surface area contributed by atoms with Crippen molar-refractivity contribution in [3.8, 4) is 0 Å². The zero-order chi connectivity index (χ0) is 8.48. The highest BCUT2D eigenvalue weighted by Crippen LogP contribution is 2.33. The second-order valence-electron chi connectivity index (χ2n) is 2.84. The molecule has 5 nitrogen and oxygen atoms in total. The van der Waals surface area contributed by atoms with Gasteiger partial charge in [0.15, 0.2) is 0 Å². The fourth-order valence-corrected chi connectivity index (χ4v) is 1.22. The lowest BCUT2D eigenvalue weighted by Crippen LogP contribution is -2.57. The topological polar surface area (TPSA) is 70.0 Å². The molecule has 0 aromatic heterocycles. The highest BCUT2D eigenvalue weighted by molar-refractivity contribution is 5.76. The van der Waals surface area contributed by atoms with Gasteiger partial charge < -0.3 is 5.11 Å². The summed E-state index contributed by atoms with van der Waals surface area (Å²) in [5, 5.41) is 12.6. The lowest BCUT2D eigenvalue weighted by atomic mass is 9.79. The molecule has 0 aliphatic carbocycles. The molecule has 62 valence electrons. The van der Waals surface area contributed by atoms with E-state index in [1.165, 1.54) is 5.01 Å². The van der Waals surface area contributed by atoms with Crippen molar-refractivity contribution in [1.29, 1.82) is 0 Å². The van der Waals surface area contributed by atoms with E-state index in [0.717, 1.165) is 0 Å². The molecule has 0 aromatic carbocycles. The third kappa shape index (κ3) is 1.06. The van der Waals surface area contributed by atoms with Crippen molar-refractivity contribution in [2.75, 3.05) is 13.1 Å². The number of aliphatic carboxylic acids is 1. The predicted molar refractivity (Wildman–Crippen MR) is 37.7 cm³/mol. The van der Waals surface area contributed by atoms with E-state index in [1.54, 1.807) is 6.92 Å². The minimum Gasteiger partial charge on any atom is -0.481 e. The molecule has 1 aliphatic rings. The van der Waals surface area contributed by atoms with E-state index in [2.05, 4.69) is 5.29 Å². The number of hydrogen-bond acceptors (Lipinski definition) is 3. The Bertz CT molecular complexity index is 186. The molecule has 5 heteroatoms. The fourth-order valence-electron chi connectivity index (χ4n) is 1.22. The summed E-state index contributed by atoms with van der Waals surface area (Å²) in [4.78, 5) is 20.5. The van der Waals surface area contributed by atoms with Crippen LogP contribution in [0.25, 0.3) is 0 Å². The normalized spacial score (nSPS) is 20.6. The minimum absolute atomic E-state index is 0.252. The number of carboxylic acid groups (broad SMARTS) is 1. The summed E-state index contributed by atoms with van der Waals surface area (Å²) < 4.78 is 0. The summed E-state index contributed by atoms with van der Waals surface area (Å²) in [6.07, 6.45) is 0.550. The molecular formula is C6H10N2O3. The summed E-state index contributed by atoms with van der Waals surface area (Å²) in [5.74, 6) is -0.833. The number of carbonyl (C=O) groups is 1. The molecule has 11 heavy (non-hydrogen) atoms. The summed E-state index contributed by atoms with van der Waals surface area (Å²) in [6.45, 7) is 2.31. The van der Waals surface area contributed by atoms with Gasteiger partial charge in [-0.05, 0) is 6.42 Å². The molecule has 0 atom stereocenters. The first kappa shape index (κ1) is 7.97. The molecule has 1 heterocycles. The maximum absolute atomic E-state index is 10.6. The van der Waals surface area contributed by atoms with Crippen molar-refractivity contribution in [3.63, 3.8) is 0 Å². The summed E-state index contributed by atoms with van der Waals surface area (Å²) in [6, 6.07) is 0. The van der Waals surface area contributed by atoms with Gasteiger partial charge in [0.05, 0.1) is 18.4 Å². The average molecular weight is 158 g/mol. The smallest absolute Gasteiger partial charge is 0.313 e. The van der Waals surface area contributed by atoms with Crippen LogP contribution in [-0.4, -0.2) is 29.2 Å². The Kier molecular flexibility index (Phi) is 1.80. The minimum atomic E-state index is -0.833. The molecule has 0 amide bonds. The van der Waals surface area contributed by atoms with Crippen LogP contribution in [0.1, 0.15) is 13.3 Å². The van der Waals surface area contributed by atoms with Gasteiger partial charge in [0.25, 0.3) is 0 Å². The Labute approximate surface area is 63.9 Å². The van der Waals surface area contributed by atoms with E-state index in [4.69, 9.17) is 5.11 Å². The Morgan fingerprint density at radius 2 is 2.27 bits per heavy atom. The van der Waals surface area contributed by atoms with Crippen molar-refractivity contribution in [2.45, 2.75) is 13.3 Å². The van der Waals surface area contributed by atoms with Crippen LogP contribution in [0.4, 0.5) is 0 Å². The summed E-state index contributed by atoms with van der Waals surface area (Å²) in [7, 11) is 0. The zero-order valence-electron chi connectivity index (χ0n) is 6.28. The average Bonchev–Trinajstić information content (AvgIpc) is 1.86. The molecule has 0 saturated carbocycles. The number of nitrogens with zero attached hydrogens (tertiary/aromatic N) is 2. The molecule has 0 unspecified atom stereocenters. The van der Waals surface area contributed by atoms with Crippen LogP contribution >= 0.6 is 0 Å². The molecule has 1 aliphatic heterocycles. The number of hydrogen-bond donors (Lipinski definition) is 1. The van der Waals surface area contributed by atoms with E-state index in [0.29, 0.717) is 6.42 Å². The van der Waals surface area contributed by atoms with E-state index in [-0.39, 0.29) is 13.1 Å². The quantitative estimate of drug-likeness (QED) is 0.606. The molecule has 1 saturated heterocycles. The Morgan fingerprint density at radius 1 is 1.73 bits per heavy atom. The first-order valence-corrected chi connectivity index (χ1v) is 3.46. The van der Waals surface area contributed by atoms with Crippen LogP contribution in [0.2, 0.25) is 0 Å². The molecule has 1 N–H and O–H groups in total. The third-order valence-electron chi connectivity index (χ3n) is 2.22. The molecular weight excluding hydrogens is 148 g/mol. The molecule has 0 spiro atoms. The van der Waals surface area contributed by atoms with Gasteiger partial charge in [0.1, 0.15) is 5.41 Å². The van der Waals surface area contributed by atoms with E-state index in [9.17, 15) is 9.70 Å². The first-order valence-electron chi connectivity index (χ1n) is 3.46. The van der Waals surface area contributed by atoms with E-state index in [1.807, 2.05) is 0 Å². The Balaban J connectivity index is 2.56. The second-order valence-corrected chi connectivity index (χ2v) is 2.84. The van der Waals surface area contributed by atoms with Gasteiger partial charge in [0.2, 0.25) is 0 Å². The molecule has 1 fully saturated rings. The van der Waals surface area contributed by atoms with Crippen molar-refractivity contribution >= 4 is 5.97 Å². The monoisotopic (exact) mass is 158 g/mol. The van der Waals surface area contributed by atoms with Gasteiger partial charge in [-0.15, -0.1) is 4.91 Å². The molecule has 0 aromatic rings. The maximum atomic E-state index is 10.6. The van der Waals surface area contributed by atoms with Gasteiger partial charge in [-0.2, -0.15) is 0 Å². The Morgan fingerprint density at radius 3 is 2.55 bits per heavy atom. The number of rotatable bonds is 3. The number of carboxylic acids is 1. The summed E-state index contributed by atoms with van der Waals surface area (Å²) >= 11 is 0. The maximum Gasteiger partial charge on any atom is 0.313 e. The predicted octanol–water partition coefficient (Wildman–Crippen LogP) is 0.464. The molecule has 0 radical (unpaired) electrons. The lowest BCUT2D eigenvalue weighted by Gasteiger charge is -2.42. The van der Waals surface area contributed by atoms with Gasteiger partial charge in [-0.3, -0.25) is 9.80 Å². The van der Waals surface area contributed by atoms with Crippen LogP contribution < -0.4 is 0 Å². The van der Waals surface area contributed by atoms with Crippen LogP contribution in [0, 0.1) is 10.3 Å². The standard InChI is InChI=1S/C6H10N2O3/c1-2-6(5(9)10)3-8(4-6)7-11/h2-4H2,1H3,(H,9,10). The highest BCUT2D eigenvalue weighted by atomic mass is 16.4. The SMILES string of the molecule is CCC1(C(=O)O)CN(N=O)C1.